The number of piperidine rings is 2. The minimum atomic E-state index is -0.313. The lowest BCUT2D eigenvalue weighted by molar-refractivity contribution is -0.266. The monoisotopic (exact) mass is 342 g/mol. The fourth-order valence-electron chi connectivity index (χ4n) is 5.16. The molecule has 24 heavy (non-hydrogen) atoms. The van der Waals surface area contributed by atoms with Gasteiger partial charge in [-0.1, -0.05) is 0 Å². The second-order valence-corrected chi connectivity index (χ2v) is 10.4. The van der Waals surface area contributed by atoms with Gasteiger partial charge in [-0.25, -0.2) is 5.01 Å². The van der Waals surface area contributed by atoms with E-state index in [0.29, 0.717) is 0 Å². The van der Waals surface area contributed by atoms with Crippen LogP contribution in [0.5, 0.6) is 0 Å². The second kappa shape index (κ2) is 5.89. The van der Waals surface area contributed by atoms with Crippen molar-refractivity contribution in [3.05, 3.63) is 0 Å². The summed E-state index contributed by atoms with van der Waals surface area (Å²) in [5.41, 5.74) is -1.25. The van der Waals surface area contributed by atoms with Gasteiger partial charge in [0.1, 0.15) is 0 Å². The van der Waals surface area contributed by atoms with E-state index in [1.54, 1.807) is 0 Å². The first kappa shape index (κ1) is 20.1. The molecule has 0 bridgehead atoms. The van der Waals surface area contributed by atoms with Crippen LogP contribution in [0.1, 0.15) is 81.1 Å². The molecule has 6 nitrogen and oxygen atoms in total. The van der Waals surface area contributed by atoms with E-state index in [1.165, 1.54) is 10.1 Å². The van der Waals surface area contributed by atoms with Crippen molar-refractivity contribution in [2.24, 2.45) is 5.84 Å². The van der Waals surface area contributed by atoms with Crippen LogP contribution >= 0.6 is 0 Å². The number of nitrogens with zero attached hydrogens (tertiary/aromatic N) is 3. The summed E-state index contributed by atoms with van der Waals surface area (Å²) >= 11 is 0. The number of hydroxylamine groups is 4. The van der Waals surface area contributed by atoms with Gasteiger partial charge >= 0.3 is 0 Å². The molecule has 2 fully saturated rings. The molecule has 0 atom stereocenters. The van der Waals surface area contributed by atoms with E-state index in [4.69, 9.17) is 5.84 Å². The van der Waals surface area contributed by atoms with Crippen LogP contribution in [0.3, 0.4) is 0 Å². The van der Waals surface area contributed by atoms with Gasteiger partial charge in [-0.15, -0.1) is 0 Å². The van der Waals surface area contributed by atoms with E-state index in [2.05, 4.69) is 55.4 Å². The van der Waals surface area contributed by atoms with Gasteiger partial charge in [0.25, 0.3) is 0 Å². The van der Waals surface area contributed by atoms with Crippen molar-refractivity contribution in [3.8, 4) is 0 Å². The smallest absolute Gasteiger partial charge is 0.0425 e. The lowest BCUT2D eigenvalue weighted by atomic mass is 9.75. The Kier molecular flexibility index (Phi) is 4.93. The molecule has 2 heterocycles. The number of nitrogens with two attached hydrogens (primary N) is 1. The molecule has 4 N–H and O–H groups in total. The van der Waals surface area contributed by atoms with Crippen LogP contribution in [0.4, 0.5) is 0 Å². The Morgan fingerprint density at radius 1 is 0.667 bits per heavy atom. The van der Waals surface area contributed by atoms with Crippen molar-refractivity contribution in [1.82, 2.24) is 15.1 Å². The molecule has 0 aromatic rings. The summed E-state index contributed by atoms with van der Waals surface area (Å²) in [5, 5.41) is 26.0. The average molecular weight is 343 g/mol. The Bertz CT molecular complexity index is 398. The number of rotatable bonds is 2. The molecular formula is C18H38N4O2. The van der Waals surface area contributed by atoms with Crippen molar-refractivity contribution >= 4 is 0 Å². The Morgan fingerprint density at radius 2 is 0.875 bits per heavy atom. The van der Waals surface area contributed by atoms with Crippen LogP contribution in [0, 0.1) is 0 Å². The Labute approximate surface area is 147 Å². The van der Waals surface area contributed by atoms with Gasteiger partial charge < -0.3 is 10.4 Å². The number of hydrazine groups is 1. The summed E-state index contributed by atoms with van der Waals surface area (Å²) in [6.45, 7) is 16.5. The fourth-order valence-corrected chi connectivity index (χ4v) is 5.16. The molecule has 0 saturated carbocycles. The summed E-state index contributed by atoms with van der Waals surface area (Å²) in [7, 11) is 0. The van der Waals surface area contributed by atoms with Gasteiger partial charge in [0.15, 0.2) is 0 Å². The van der Waals surface area contributed by atoms with E-state index in [1.807, 2.05) is 5.01 Å². The summed E-state index contributed by atoms with van der Waals surface area (Å²) in [6.07, 6.45) is 3.29. The van der Waals surface area contributed by atoms with E-state index < -0.39 is 0 Å². The molecule has 142 valence electrons. The minimum absolute atomic E-state index is 0.209. The quantitative estimate of drug-likeness (QED) is 0.529. The highest BCUT2D eigenvalue weighted by molar-refractivity contribution is 5.03. The third-order valence-corrected chi connectivity index (χ3v) is 6.08. The van der Waals surface area contributed by atoms with Gasteiger partial charge in [-0.3, -0.25) is 5.84 Å². The predicted molar refractivity (Wildman–Crippen MR) is 95.6 cm³/mol. The number of hydrogen-bond donors (Lipinski definition) is 3. The Balaban J connectivity index is 2.21. The molecule has 0 amide bonds. The third kappa shape index (κ3) is 3.50. The standard InChI is InChI=1S/C18H38N4O2/c1-15(2)9-13(10-16(3,4)21(15)23)20(19)14-11-17(5,6)22(24)18(7,8)12-14/h13-14,23-24H,9-12,19H2,1-8H3. The molecule has 0 aromatic carbocycles. The van der Waals surface area contributed by atoms with Gasteiger partial charge in [0.05, 0.1) is 0 Å². The Hall–Kier alpha value is -0.240. The first-order valence-electron chi connectivity index (χ1n) is 9.12. The van der Waals surface area contributed by atoms with Crippen molar-refractivity contribution < 1.29 is 10.4 Å². The molecule has 2 rings (SSSR count). The molecular weight excluding hydrogens is 304 g/mol. The van der Waals surface area contributed by atoms with Crippen LogP contribution in [0.2, 0.25) is 0 Å². The van der Waals surface area contributed by atoms with Gasteiger partial charge in [0, 0.05) is 34.2 Å². The van der Waals surface area contributed by atoms with Crippen LogP contribution < -0.4 is 5.84 Å². The van der Waals surface area contributed by atoms with Crippen LogP contribution in [0.25, 0.3) is 0 Å². The molecule has 0 aliphatic carbocycles. The summed E-state index contributed by atoms with van der Waals surface area (Å²) in [4.78, 5) is 0. The maximum Gasteiger partial charge on any atom is 0.0425 e. The minimum Gasteiger partial charge on any atom is -0.313 e. The Morgan fingerprint density at radius 3 is 1.08 bits per heavy atom. The second-order valence-electron chi connectivity index (χ2n) is 10.4. The zero-order valence-electron chi connectivity index (χ0n) is 16.8. The van der Waals surface area contributed by atoms with E-state index >= 15 is 0 Å². The van der Waals surface area contributed by atoms with Crippen molar-refractivity contribution in [2.45, 2.75) is 115 Å². The van der Waals surface area contributed by atoms with Gasteiger partial charge in [0.2, 0.25) is 0 Å². The first-order valence-corrected chi connectivity index (χ1v) is 9.12. The number of hydrogen-bond acceptors (Lipinski definition) is 6. The fraction of sp³-hybridized carbons (Fsp3) is 1.00. The highest BCUT2D eigenvalue weighted by Gasteiger charge is 2.50. The summed E-state index contributed by atoms with van der Waals surface area (Å²) in [6, 6.07) is 0.417. The van der Waals surface area contributed by atoms with E-state index in [-0.39, 0.29) is 34.2 Å². The first-order chi connectivity index (χ1) is 10.6. The highest BCUT2D eigenvalue weighted by atomic mass is 16.5. The largest absolute Gasteiger partial charge is 0.313 e. The summed E-state index contributed by atoms with van der Waals surface area (Å²) in [5.74, 6) is 6.63. The average Bonchev–Trinajstić information content (AvgIpc) is 2.39. The molecule has 0 unspecified atom stereocenters. The van der Waals surface area contributed by atoms with Crippen LogP contribution in [-0.2, 0) is 0 Å². The van der Waals surface area contributed by atoms with Gasteiger partial charge in [-0.2, -0.15) is 10.1 Å². The van der Waals surface area contributed by atoms with Crippen molar-refractivity contribution in [3.63, 3.8) is 0 Å². The predicted octanol–water partition coefficient (Wildman–Crippen LogP) is 2.98. The molecule has 2 aliphatic heterocycles. The zero-order chi connectivity index (χ0) is 18.7. The molecule has 0 spiro atoms. The van der Waals surface area contributed by atoms with Crippen LogP contribution in [0.15, 0.2) is 0 Å². The topological polar surface area (TPSA) is 76.2 Å². The summed E-state index contributed by atoms with van der Waals surface area (Å²) < 4.78 is 0. The molecule has 2 aliphatic rings. The van der Waals surface area contributed by atoms with Crippen LogP contribution in [-0.4, -0.2) is 59.8 Å². The van der Waals surface area contributed by atoms with E-state index in [9.17, 15) is 10.4 Å². The third-order valence-electron chi connectivity index (χ3n) is 6.08. The van der Waals surface area contributed by atoms with Crippen molar-refractivity contribution in [2.75, 3.05) is 0 Å². The SMILES string of the molecule is CC1(C)CC(N(N)C2CC(C)(C)N(O)C(C)(C)C2)CC(C)(C)N1O. The maximum absolute atomic E-state index is 10.5. The highest BCUT2D eigenvalue weighted by Crippen LogP contribution is 2.42. The van der Waals surface area contributed by atoms with Crippen molar-refractivity contribution in [1.29, 1.82) is 0 Å². The molecule has 0 aromatic heterocycles. The normalized spacial score (nSPS) is 31.5. The lowest BCUT2D eigenvalue weighted by Crippen LogP contribution is -2.68. The lowest BCUT2D eigenvalue weighted by Gasteiger charge is -2.57. The van der Waals surface area contributed by atoms with Gasteiger partial charge in [-0.05, 0) is 81.1 Å². The molecule has 6 heteroatoms. The zero-order valence-corrected chi connectivity index (χ0v) is 16.8. The molecule has 2 saturated heterocycles. The van der Waals surface area contributed by atoms with E-state index in [0.717, 1.165) is 25.7 Å². The maximum atomic E-state index is 10.5. The molecule has 0 radical (unpaired) electrons.